The molecule has 0 saturated carbocycles. The van der Waals surface area contributed by atoms with E-state index in [1.807, 2.05) is 24.3 Å². The van der Waals surface area contributed by atoms with E-state index in [1.165, 1.54) is 0 Å². The largest absolute Gasteiger partial charge is 0.481 e. The summed E-state index contributed by atoms with van der Waals surface area (Å²) in [6.07, 6.45) is 0.305. The van der Waals surface area contributed by atoms with Gasteiger partial charge in [0.1, 0.15) is 0 Å². The molecule has 22 heavy (non-hydrogen) atoms. The molecular weight excluding hydrogens is 326 g/mol. The van der Waals surface area contributed by atoms with Crippen molar-refractivity contribution in [3.63, 3.8) is 0 Å². The molecule has 120 valence electrons. The summed E-state index contributed by atoms with van der Waals surface area (Å²) in [7, 11) is 0. The third-order valence-corrected chi connectivity index (χ3v) is 4.62. The first-order valence-corrected chi connectivity index (χ1v) is 8.40. The summed E-state index contributed by atoms with van der Waals surface area (Å²) < 4.78 is 5.27. The molecule has 1 N–H and O–H groups in total. The summed E-state index contributed by atoms with van der Waals surface area (Å²) in [4.78, 5) is 25.8. The summed E-state index contributed by atoms with van der Waals surface area (Å²) in [5.41, 5.74) is 0. The van der Waals surface area contributed by atoms with Crippen molar-refractivity contribution < 1.29 is 19.4 Å². The highest BCUT2D eigenvalue weighted by Gasteiger charge is 2.28. The van der Waals surface area contributed by atoms with Crippen LogP contribution in [0.3, 0.4) is 0 Å². The molecule has 1 aliphatic heterocycles. The Morgan fingerprint density at radius 1 is 1.36 bits per heavy atom. The summed E-state index contributed by atoms with van der Waals surface area (Å²) >= 11 is 7.41. The van der Waals surface area contributed by atoms with Gasteiger partial charge in [-0.3, -0.25) is 9.59 Å². The fraction of sp³-hybridized carbons (Fsp3) is 0.467. The van der Waals surface area contributed by atoms with Crippen LogP contribution in [0.25, 0.3) is 0 Å². The monoisotopic (exact) mass is 343 g/mol. The van der Waals surface area contributed by atoms with Crippen molar-refractivity contribution in [1.29, 1.82) is 0 Å². The van der Waals surface area contributed by atoms with E-state index >= 15 is 0 Å². The highest BCUT2D eigenvalue weighted by molar-refractivity contribution is 7.99. The van der Waals surface area contributed by atoms with Gasteiger partial charge < -0.3 is 14.7 Å². The Bertz CT molecular complexity index is 523. The minimum absolute atomic E-state index is 0.0176. The van der Waals surface area contributed by atoms with Crippen LogP contribution >= 0.6 is 23.4 Å². The number of benzene rings is 1. The Kier molecular flexibility index (Phi) is 6.54. The zero-order chi connectivity index (χ0) is 15.9. The lowest BCUT2D eigenvalue weighted by Crippen LogP contribution is -2.49. The molecule has 1 aliphatic rings. The van der Waals surface area contributed by atoms with Crippen molar-refractivity contribution >= 4 is 35.2 Å². The van der Waals surface area contributed by atoms with Crippen LogP contribution in [0.15, 0.2) is 29.2 Å². The number of amides is 1. The number of thioether (sulfide) groups is 1. The standard InChI is InChI=1S/C15H18ClNO4S/c16-11-1-3-13(4-2-11)22-8-5-14(18)17-6-7-21-10-12(17)9-15(19)20/h1-4,12H,5-10H2,(H,19,20). The van der Waals surface area contributed by atoms with E-state index in [9.17, 15) is 9.59 Å². The Balaban J connectivity index is 1.82. The summed E-state index contributed by atoms with van der Waals surface area (Å²) in [6.45, 7) is 1.22. The molecule has 1 aromatic carbocycles. The third kappa shape index (κ3) is 5.19. The maximum Gasteiger partial charge on any atom is 0.305 e. The number of hydrogen-bond acceptors (Lipinski definition) is 4. The molecule has 0 aliphatic carbocycles. The van der Waals surface area contributed by atoms with Crippen LogP contribution in [-0.4, -0.2) is 53.4 Å². The zero-order valence-electron chi connectivity index (χ0n) is 12.0. The molecule has 1 fully saturated rings. The quantitative estimate of drug-likeness (QED) is 0.804. The number of hydrogen-bond donors (Lipinski definition) is 1. The van der Waals surface area contributed by atoms with E-state index in [4.69, 9.17) is 21.4 Å². The van der Waals surface area contributed by atoms with Crippen LogP contribution < -0.4 is 0 Å². The van der Waals surface area contributed by atoms with Crippen LogP contribution in [0.2, 0.25) is 5.02 Å². The van der Waals surface area contributed by atoms with E-state index < -0.39 is 5.97 Å². The lowest BCUT2D eigenvalue weighted by atomic mass is 10.1. The second-order valence-electron chi connectivity index (χ2n) is 4.97. The van der Waals surface area contributed by atoms with Crippen molar-refractivity contribution in [1.82, 2.24) is 4.90 Å². The fourth-order valence-electron chi connectivity index (χ4n) is 2.28. The number of rotatable bonds is 6. The minimum Gasteiger partial charge on any atom is -0.481 e. The van der Waals surface area contributed by atoms with E-state index in [0.717, 1.165) is 4.90 Å². The first-order chi connectivity index (χ1) is 10.6. The summed E-state index contributed by atoms with van der Waals surface area (Å²) in [6, 6.07) is 7.10. The first kappa shape index (κ1) is 17.1. The molecule has 1 atom stereocenters. The molecule has 2 rings (SSSR count). The van der Waals surface area contributed by atoms with Crippen LogP contribution in [-0.2, 0) is 14.3 Å². The third-order valence-electron chi connectivity index (χ3n) is 3.36. The van der Waals surface area contributed by atoms with Gasteiger partial charge in [0.25, 0.3) is 0 Å². The van der Waals surface area contributed by atoms with Gasteiger partial charge in [0.15, 0.2) is 0 Å². The second kappa shape index (κ2) is 8.41. The maximum absolute atomic E-state index is 12.3. The second-order valence-corrected chi connectivity index (χ2v) is 6.57. The number of ether oxygens (including phenoxy) is 1. The van der Waals surface area contributed by atoms with E-state index in [-0.39, 0.29) is 18.4 Å². The SMILES string of the molecule is O=C(O)CC1COCCN1C(=O)CCSc1ccc(Cl)cc1. The molecule has 0 spiro atoms. The molecule has 7 heteroatoms. The van der Waals surface area contributed by atoms with Gasteiger partial charge in [0.05, 0.1) is 25.7 Å². The van der Waals surface area contributed by atoms with Gasteiger partial charge in [-0.2, -0.15) is 0 Å². The number of nitrogens with zero attached hydrogens (tertiary/aromatic N) is 1. The lowest BCUT2D eigenvalue weighted by Gasteiger charge is -2.34. The van der Waals surface area contributed by atoms with Gasteiger partial charge in [-0.15, -0.1) is 11.8 Å². The van der Waals surface area contributed by atoms with E-state index in [2.05, 4.69) is 0 Å². The number of halogens is 1. The summed E-state index contributed by atoms with van der Waals surface area (Å²) in [5, 5.41) is 9.59. The smallest absolute Gasteiger partial charge is 0.305 e. The van der Waals surface area contributed by atoms with Crippen LogP contribution in [0.1, 0.15) is 12.8 Å². The number of carboxylic acids is 1. The van der Waals surface area contributed by atoms with Gasteiger partial charge in [0.2, 0.25) is 5.91 Å². The average molecular weight is 344 g/mol. The molecule has 0 radical (unpaired) electrons. The highest BCUT2D eigenvalue weighted by atomic mass is 35.5. The van der Waals surface area contributed by atoms with E-state index in [0.29, 0.717) is 37.0 Å². The lowest BCUT2D eigenvalue weighted by molar-refractivity contribution is -0.146. The topological polar surface area (TPSA) is 66.8 Å². The van der Waals surface area contributed by atoms with E-state index in [1.54, 1.807) is 16.7 Å². The predicted octanol–water partition coefficient (Wildman–Crippen LogP) is 2.52. The Hall–Kier alpha value is -1.24. The van der Waals surface area contributed by atoms with Crippen molar-refractivity contribution in [2.45, 2.75) is 23.8 Å². The Labute approximate surface area is 138 Å². The molecule has 0 bridgehead atoms. The van der Waals surface area contributed by atoms with Gasteiger partial charge in [-0.1, -0.05) is 11.6 Å². The normalized spacial score (nSPS) is 18.2. The molecule has 1 heterocycles. The van der Waals surface area contributed by atoms with Crippen molar-refractivity contribution in [3.05, 3.63) is 29.3 Å². The van der Waals surface area contributed by atoms with Crippen LogP contribution in [0.5, 0.6) is 0 Å². The molecule has 1 aromatic rings. The molecule has 1 saturated heterocycles. The first-order valence-electron chi connectivity index (χ1n) is 7.03. The number of carbonyl (C=O) groups excluding carboxylic acids is 1. The van der Waals surface area contributed by atoms with Gasteiger partial charge in [0, 0.05) is 28.6 Å². The number of carbonyl (C=O) groups is 2. The summed E-state index contributed by atoms with van der Waals surface area (Å²) in [5.74, 6) is -0.280. The van der Waals surface area contributed by atoms with Crippen molar-refractivity contribution in [2.75, 3.05) is 25.5 Å². The Morgan fingerprint density at radius 3 is 2.77 bits per heavy atom. The average Bonchev–Trinajstić information content (AvgIpc) is 2.49. The van der Waals surface area contributed by atoms with Gasteiger partial charge >= 0.3 is 5.97 Å². The number of aliphatic carboxylic acids is 1. The molecular formula is C15H18ClNO4S. The molecule has 1 unspecified atom stereocenters. The van der Waals surface area contributed by atoms with Crippen molar-refractivity contribution in [3.8, 4) is 0 Å². The zero-order valence-corrected chi connectivity index (χ0v) is 13.6. The molecule has 5 nitrogen and oxygen atoms in total. The highest BCUT2D eigenvalue weighted by Crippen LogP contribution is 2.22. The van der Waals surface area contributed by atoms with Gasteiger partial charge in [-0.25, -0.2) is 0 Å². The fourth-order valence-corrected chi connectivity index (χ4v) is 3.25. The Morgan fingerprint density at radius 2 is 2.09 bits per heavy atom. The predicted molar refractivity (Wildman–Crippen MR) is 85.4 cm³/mol. The van der Waals surface area contributed by atoms with Crippen LogP contribution in [0, 0.1) is 0 Å². The van der Waals surface area contributed by atoms with Crippen LogP contribution in [0.4, 0.5) is 0 Å². The van der Waals surface area contributed by atoms with Crippen molar-refractivity contribution in [2.24, 2.45) is 0 Å². The number of carboxylic acid groups (broad SMARTS) is 1. The minimum atomic E-state index is -0.913. The molecule has 1 amide bonds. The maximum atomic E-state index is 12.3. The van der Waals surface area contributed by atoms with Gasteiger partial charge in [-0.05, 0) is 24.3 Å². The number of morpholine rings is 1. The molecule has 0 aromatic heterocycles.